The van der Waals surface area contributed by atoms with Gasteiger partial charge < -0.3 is 10.3 Å². The second kappa shape index (κ2) is 10.8. The van der Waals surface area contributed by atoms with Crippen LogP contribution in [0.5, 0.6) is 0 Å². The number of sulfonamides is 1. The lowest BCUT2D eigenvalue weighted by atomic mass is 10.1. The fourth-order valence-electron chi connectivity index (χ4n) is 3.89. The molecule has 188 valence electrons. The quantitative estimate of drug-likeness (QED) is 0.192. The predicted molar refractivity (Wildman–Crippen MR) is 151 cm³/mol. The Balaban J connectivity index is 1.43. The molecule has 1 atom stereocenters. The molecule has 2 heterocycles. The third kappa shape index (κ3) is 5.78. The molecule has 3 aromatic carbocycles. The highest BCUT2D eigenvalue weighted by atomic mass is 79.9. The smallest absolute Gasteiger partial charge is 0.244 e. The molecule has 1 amide bonds. The number of thiazole rings is 1. The Labute approximate surface area is 231 Å². The molecule has 0 saturated carbocycles. The normalized spacial score (nSPS) is 12.5. The molecule has 7 nitrogen and oxygen atoms in total. The van der Waals surface area contributed by atoms with Crippen LogP contribution in [0.15, 0.2) is 93.7 Å². The number of hydrogen-bond donors (Lipinski definition) is 3. The molecule has 3 N–H and O–H groups in total. The van der Waals surface area contributed by atoms with Gasteiger partial charge >= 0.3 is 0 Å². The molecule has 0 aliphatic rings. The minimum Gasteiger partial charge on any atom is -0.361 e. The number of para-hydroxylation sites is 1. The monoisotopic (exact) mass is 614 g/mol. The number of rotatable bonds is 8. The van der Waals surface area contributed by atoms with Gasteiger partial charge in [0.15, 0.2) is 5.13 Å². The van der Waals surface area contributed by atoms with E-state index < -0.39 is 22.0 Å². The van der Waals surface area contributed by atoms with Crippen LogP contribution in [0.2, 0.25) is 5.02 Å². The number of carbonyl (C=O) groups excluding carboxylic acids is 1. The highest BCUT2D eigenvalue weighted by Crippen LogP contribution is 2.30. The summed E-state index contributed by atoms with van der Waals surface area (Å²) in [5, 5.41) is 6.37. The molecule has 0 saturated heterocycles. The van der Waals surface area contributed by atoms with Gasteiger partial charge in [0.05, 0.1) is 10.6 Å². The minimum atomic E-state index is -3.99. The van der Waals surface area contributed by atoms with Crippen LogP contribution < -0.4 is 10.0 Å². The van der Waals surface area contributed by atoms with Crippen LogP contribution in [0.4, 0.5) is 5.13 Å². The van der Waals surface area contributed by atoms with Crippen molar-refractivity contribution in [1.29, 1.82) is 0 Å². The SMILES string of the molecule is O=C(Nc1nc(-c2ccccc2Cl)cs1)[C@H](Cc1c[nH]c2ccccc12)NS(=O)(=O)c1ccc(Br)cc1. The average molecular weight is 616 g/mol. The molecular weight excluding hydrogens is 596 g/mol. The van der Waals surface area contributed by atoms with E-state index in [0.29, 0.717) is 15.8 Å². The van der Waals surface area contributed by atoms with E-state index in [1.807, 2.05) is 42.5 Å². The first-order chi connectivity index (χ1) is 17.8. The summed E-state index contributed by atoms with van der Waals surface area (Å²) in [6.45, 7) is 0. The zero-order chi connectivity index (χ0) is 26.0. The summed E-state index contributed by atoms with van der Waals surface area (Å²) in [4.78, 5) is 21.2. The number of nitrogens with one attached hydrogen (secondary N) is 3. The van der Waals surface area contributed by atoms with E-state index in [-0.39, 0.29) is 11.3 Å². The number of nitrogens with zero attached hydrogens (tertiary/aromatic N) is 1. The number of hydrogen-bond acceptors (Lipinski definition) is 5. The van der Waals surface area contributed by atoms with Crippen molar-refractivity contribution < 1.29 is 13.2 Å². The number of benzene rings is 3. The van der Waals surface area contributed by atoms with Gasteiger partial charge in [-0.15, -0.1) is 11.3 Å². The molecule has 2 aromatic heterocycles. The number of amides is 1. The number of halogens is 2. The Hall–Kier alpha value is -3.02. The number of fused-ring (bicyclic) bond motifs is 1. The lowest BCUT2D eigenvalue weighted by Gasteiger charge is -2.18. The lowest BCUT2D eigenvalue weighted by Crippen LogP contribution is -2.45. The molecule has 0 aliphatic heterocycles. The lowest BCUT2D eigenvalue weighted by molar-refractivity contribution is -0.117. The maximum absolute atomic E-state index is 13.4. The van der Waals surface area contributed by atoms with Crippen LogP contribution in [-0.4, -0.2) is 30.3 Å². The fourth-order valence-corrected chi connectivity index (χ4v) is 6.30. The number of carbonyl (C=O) groups is 1. The van der Waals surface area contributed by atoms with Crippen molar-refractivity contribution in [3.05, 3.63) is 99.4 Å². The molecule has 0 bridgehead atoms. The van der Waals surface area contributed by atoms with Gasteiger partial charge in [-0.1, -0.05) is 63.9 Å². The van der Waals surface area contributed by atoms with E-state index in [2.05, 4.69) is 35.9 Å². The van der Waals surface area contributed by atoms with Crippen LogP contribution in [0, 0.1) is 0 Å². The molecule has 0 aliphatic carbocycles. The zero-order valence-corrected chi connectivity index (χ0v) is 23.1. The van der Waals surface area contributed by atoms with E-state index in [0.717, 1.165) is 26.5 Å². The standard InChI is InChI=1S/C26H20BrClN4O3S2/c27-17-9-11-18(12-10-17)37(34,35)32-23(13-16-14-29-22-8-4-2-5-19(16)22)25(33)31-26-30-24(15-36-26)20-6-1-3-7-21(20)28/h1-12,14-15,23,29,32H,13H2,(H,30,31,33)/t23-/m0/s1. The molecule has 37 heavy (non-hydrogen) atoms. The summed E-state index contributed by atoms with van der Waals surface area (Å²) in [7, 11) is -3.99. The zero-order valence-electron chi connectivity index (χ0n) is 19.1. The predicted octanol–water partition coefficient (Wildman–Crippen LogP) is 6.24. The molecular formula is C26H20BrClN4O3S2. The third-order valence-electron chi connectivity index (χ3n) is 5.72. The molecule has 5 rings (SSSR count). The van der Waals surface area contributed by atoms with Crippen molar-refractivity contribution >= 4 is 70.8 Å². The molecule has 0 radical (unpaired) electrons. The van der Waals surface area contributed by atoms with Gasteiger partial charge in [0.2, 0.25) is 15.9 Å². The molecule has 0 spiro atoms. The van der Waals surface area contributed by atoms with Gasteiger partial charge in [0, 0.05) is 37.5 Å². The van der Waals surface area contributed by atoms with E-state index >= 15 is 0 Å². The van der Waals surface area contributed by atoms with Crippen LogP contribution in [0.3, 0.4) is 0 Å². The summed E-state index contributed by atoms with van der Waals surface area (Å²) in [6, 6.07) is 20.1. The van der Waals surface area contributed by atoms with Gasteiger partial charge in [-0.2, -0.15) is 4.72 Å². The average Bonchev–Trinajstić information content (AvgIpc) is 3.51. The van der Waals surface area contributed by atoms with E-state index in [1.165, 1.54) is 23.5 Å². The highest BCUT2D eigenvalue weighted by Gasteiger charge is 2.28. The summed E-state index contributed by atoms with van der Waals surface area (Å²) >= 11 is 10.8. The van der Waals surface area contributed by atoms with Gasteiger partial charge in [0.1, 0.15) is 6.04 Å². The molecule has 0 unspecified atom stereocenters. The van der Waals surface area contributed by atoms with Gasteiger partial charge in [0.25, 0.3) is 0 Å². The Morgan fingerprint density at radius 1 is 1.05 bits per heavy atom. The third-order valence-corrected chi connectivity index (χ3v) is 8.82. The van der Waals surface area contributed by atoms with Gasteiger partial charge in [-0.25, -0.2) is 13.4 Å². The second-order valence-corrected chi connectivity index (χ2v) is 12.1. The molecule has 5 aromatic rings. The van der Waals surface area contributed by atoms with Crippen molar-refractivity contribution in [3.8, 4) is 11.3 Å². The minimum absolute atomic E-state index is 0.0580. The van der Waals surface area contributed by atoms with E-state index in [4.69, 9.17) is 11.6 Å². The summed E-state index contributed by atoms with van der Waals surface area (Å²) in [5.74, 6) is -0.522. The Bertz CT molecular complexity index is 1680. The first-order valence-electron chi connectivity index (χ1n) is 11.1. The van der Waals surface area contributed by atoms with Crippen molar-refractivity contribution in [2.45, 2.75) is 17.4 Å². The van der Waals surface area contributed by atoms with Crippen molar-refractivity contribution in [3.63, 3.8) is 0 Å². The first kappa shape index (κ1) is 25.6. The van der Waals surface area contributed by atoms with Crippen molar-refractivity contribution in [2.75, 3.05) is 5.32 Å². The van der Waals surface area contributed by atoms with Gasteiger partial charge in [-0.3, -0.25) is 4.79 Å². The summed E-state index contributed by atoms with van der Waals surface area (Å²) in [5.41, 5.74) is 3.07. The highest BCUT2D eigenvalue weighted by molar-refractivity contribution is 9.10. The van der Waals surface area contributed by atoms with E-state index in [1.54, 1.807) is 29.8 Å². The number of aromatic nitrogens is 2. The number of aromatic amines is 1. The van der Waals surface area contributed by atoms with Crippen LogP contribution in [-0.2, 0) is 21.2 Å². The maximum atomic E-state index is 13.4. The Morgan fingerprint density at radius 3 is 2.57 bits per heavy atom. The van der Waals surface area contributed by atoms with Crippen molar-refractivity contribution in [2.24, 2.45) is 0 Å². The molecule has 0 fully saturated rings. The van der Waals surface area contributed by atoms with Crippen LogP contribution in [0.25, 0.3) is 22.2 Å². The van der Waals surface area contributed by atoms with Crippen molar-refractivity contribution in [1.82, 2.24) is 14.7 Å². The fraction of sp³-hybridized carbons (Fsp3) is 0.0769. The van der Waals surface area contributed by atoms with Crippen LogP contribution in [0.1, 0.15) is 5.56 Å². The van der Waals surface area contributed by atoms with Crippen LogP contribution >= 0.6 is 38.9 Å². The Kier molecular flexibility index (Phi) is 7.45. The first-order valence-corrected chi connectivity index (χ1v) is 14.7. The number of anilines is 1. The second-order valence-electron chi connectivity index (χ2n) is 8.20. The topological polar surface area (TPSA) is 104 Å². The van der Waals surface area contributed by atoms with Gasteiger partial charge in [-0.05, 0) is 48.4 Å². The summed E-state index contributed by atoms with van der Waals surface area (Å²) in [6.07, 6.45) is 1.92. The molecule has 11 heteroatoms. The number of H-pyrrole nitrogens is 1. The summed E-state index contributed by atoms with van der Waals surface area (Å²) < 4.78 is 29.7. The maximum Gasteiger partial charge on any atom is 0.244 e. The van der Waals surface area contributed by atoms with E-state index in [9.17, 15) is 13.2 Å². The Morgan fingerprint density at radius 2 is 1.78 bits per heavy atom. The largest absolute Gasteiger partial charge is 0.361 e.